The topological polar surface area (TPSA) is 40.0 Å². The van der Waals surface area contributed by atoms with Crippen molar-refractivity contribution >= 4 is 40.5 Å². The Bertz CT molecular complexity index is 796. The molecule has 150 valence electrons. The molecule has 0 heterocycles. The first-order chi connectivity index (χ1) is 13.5. The lowest BCUT2D eigenvalue weighted by molar-refractivity contribution is 0.127. The maximum Gasteiger partial charge on any atom is 0.141 e. The summed E-state index contributed by atoms with van der Waals surface area (Å²) in [6, 6.07) is 13.4. The van der Waals surface area contributed by atoms with Crippen LogP contribution in [0.3, 0.4) is 0 Å². The first-order valence-electron chi connectivity index (χ1n) is 8.76. The average Bonchev–Trinajstić information content (AvgIpc) is 2.66. The van der Waals surface area contributed by atoms with Crippen molar-refractivity contribution in [2.45, 2.75) is 20.3 Å². The van der Waals surface area contributed by atoms with Gasteiger partial charge >= 0.3 is 0 Å². The fourth-order valence-electron chi connectivity index (χ4n) is 2.34. The van der Waals surface area contributed by atoms with Gasteiger partial charge in [-0.2, -0.15) is 0 Å². The Hall–Kier alpha value is -1.88. The van der Waals surface area contributed by atoms with Gasteiger partial charge in [-0.15, -0.1) is 0 Å². The van der Waals surface area contributed by atoms with Crippen molar-refractivity contribution < 1.29 is 14.3 Å². The van der Waals surface area contributed by atoms with Crippen LogP contribution >= 0.6 is 34.8 Å². The van der Waals surface area contributed by atoms with E-state index in [1.54, 1.807) is 12.1 Å². The average molecular weight is 443 g/mol. The highest BCUT2D eigenvalue weighted by molar-refractivity contribution is 6.55. The van der Waals surface area contributed by atoms with Crippen molar-refractivity contribution in [2.75, 3.05) is 19.8 Å². The van der Waals surface area contributed by atoms with E-state index in [9.17, 15) is 0 Å². The number of nitrogens with zero attached hydrogens (tertiary/aromatic N) is 1. The SMILES string of the molecule is CC(=NOCCCOc1c(C)cc(OCC=C(Cl)Cl)cc1Cl)c1ccccc1. The van der Waals surface area contributed by atoms with Gasteiger partial charge in [-0.05, 0) is 37.1 Å². The molecule has 0 N–H and O–H groups in total. The normalized spacial score (nSPS) is 11.1. The van der Waals surface area contributed by atoms with Crippen LogP contribution in [0.1, 0.15) is 24.5 Å². The zero-order valence-corrected chi connectivity index (χ0v) is 18.0. The number of oxime groups is 1. The minimum atomic E-state index is 0.160. The molecule has 0 aliphatic carbocycles. The van der Waals surface area contributed by atoms with Gasteiger partial charge in [0.1, 0.15) is 29.2 Å². The molecule has 2 aromatic carbocycles. The molecule has 0 unspecified atom stereocenters. The van der Waals surface area contributed by atoms with Gasteiger partial charge in [0.15, 0.2) is 0 Å². The van der Waals surface area contributed by atoms with Crippen LogP contribution in [-0.4, -0.2) is 25.5 Å². The fourth-order valence-corrected chi connectivity index (χ4v) is 2.78. The highest BCUT2D eigenvalue weighted by Crippen LogP contribution is 2.33. The molecule has 0 fully saturated rings. The molecule has 0 saturated heterocycles. The molecule has 2 rings (SSSR count). The lowest BCUT2D eigenvalue weighted by Crippen LogP contribution is -2.04. The third-order valence-electron chi connectivity index (χ3n) is 3.71. The maximum absolute atomic E-state index is 6.30. The molecule has 0 radical (unpaired) electrons. The highest BCUT2D eigenvalue weighted by Gasteiger charge is 2.09. The second-order valence-corrected chi connectivity index (χ2v) is 7.35. The molecule has 2 aromatic rings. The molecule has 0 bridgehead atoms. The van der Waals surface area contributed by atoms with Crippen molar-refractivity contribution in [1.82, 2.24) is 0 Å². The summed E-state index contributed by atoms with van der Waals surface area (Å²) in [5.74, 6) is 1.25. The quantitative estimate of drug-likeness (QED) is 0.238. The summed E-state index contributed by atoms with van der Waals surface area (Å²) in [5, 5.41) is 4.60. The predicted molar refractivity (Wildman–Crippen MR) is 116 cm³/mol. The van der Waals surface area contributed by atoms with E-state index in [1.165, 1.54) is 0 Å². The third kappa shape index (κ3) is 7.63. The summed E-state index contributed by atoms with van der Waals surface area (Å²) in [4.78, 5) is 5.36. The van der Waals surface area contributed by atoms with E-state index in [2.05, 4.69) is 5.16 Å². The van der Waals surface area contributed by atoms with Crippen molar-refractivity contribution in [3.05, 3.63) is 69.2 Å². The minimum Gasteiger partial charge on any atom is -0.492 e. The second-order valence-electron chi connectivity index (χ2n) is 5.93. The van der Waals surface area contributed by atoms with Gasteiger partial charge in [0.2, 0.25) is 0 Å². The van der Waals surface area contributed by atoms with Gasteiger partial charge in [-0.1, -0.05) is 70.3 Å². The smallest absolute Gasteiger partial charge is 0.141 e. The number of aryl methyl sites for hydroxylation is 1. The molecule has 0 amide bonds. The highest BCUT2D eigenvalue weighted by atomic mass is 35.5. The fraction of sp³-hybridized carbons (Fsp3) is 0.286. The molecule has 0 spiro atoms. The Labute approximate surface area is 180 Å². The number of ether oxygens (including phenoxy) is 2. The van der Waals surface area contributed by atoms with Crippen LogP contribution in [0.15, 0.2) is 58.2 Å². The molecule has 0 aliphatic rings. The van der Waals surface area contributed by atoms with Gasteiger partial charge < -0.3 is 14.3 Å². The van der Waals surface area contributed by atoms with Crippen molar-refractivity contribution in [3.63, 3.8) is 0 Å². The Morgan fingerprint density at radius 2 is 1.82 bits per heavy atom. The zero-order valence-electron chi connectivity index (χ0n) is 15.8. The summed E-state index contributed by atoms with van der Waals surface area (Å²) in [6.45, 7) is 5.00. The third-order valence-corrected chi connectivity index (χ3v) is 4.30. The van der Waals surface area contributed by atoms with Gasteiger partial charge in [0.05, 0.1) is 17.3 Å². The van der Waals surface area contributed by atoms with Gasteiger partial charge in [0, 0.05) is 12.5 Å². The van der Waals surface area contributed by atoms with Crippen molar-refractivity contribution in [3.8, 4) is 11.5 Å². The molecule has 0 aliphatic heterocycles. The first kappa shape index (κ1) is 22.4. The van der Waals surface area contributed by atoms with Gasteiger partial charge in [0.25, 0.3) is 0 Å². The molecule has 4 nitrogen and oxygen atoms in total. The van der Waals surface area contributed by atoms with Gasteiger partial charge in [-0.3, -0.25) is 0 Å². The van der Waals surface area contributed by atoms with Crippen LogP contribution in [0.25, 0.3) is 0 Å². The minimum absolute atomic E-state index is 0.160. The zero-order chi connectivity index (χ0) is 20.4. The standard InChI is InChI=1S/C21H22Cl3NO3/c1-15-13-18(26-12-9-20(23)24)14-19(22)21(15)27-10-6-11-28-25-16(2)17-7-4-3-5-8-17/h3-5,7-9,13-14H,6,10-12H2,1-2H3. The van der Waals surface area contributed by atoms with E-state index in [-0.39, 0.29) is 11.1 Å². The summed E-state index contributed by atoms with van der Waals surface area (Å²) < 4.78 is 11.5. The van der Waals surface area contributed by atoms with E-state index >= 15 is 0 Å². The van der Waals surface area contributed by atoms with Crippen molar-refractivity contribution in [2.24, 2.45) is 5.16 Å². The van der Waals surface area contributed by atoms with Crippen LogP contribution in [0.5, 0.6) is 11.5 Å². The Balaban J connectivity index is 1.77. The van der Waals surface area contributed by atoms with Gasteiger partial charge in [-0.25, -0.2) is 0 Å². The van der Waals surface area contributed by atoms with E-state index in [0.717, 1.165) is 16.8 Å². The van der Waals surface area contributed by atoms with Crippen molar-refractivity contribution in [1.29, 1.82) is 0 Å². The molecule has 28 heavy (non-hydrogen) atoms. The summed E-state index contributed by atoms with van der Waals surface area (Å²) >= 11 is 17.4. The van der Waals surface area contributed by atoms with E-state index in [4.69, 9.17) is 49.1 Å². The molecule has 0 aromatic heterocycles. The van der Waals surface area contributed by atoms with Crippen LogP contribution < -0.4 is 9.47 Å². The maximum atomic E-state index is 6.30. The molecule has 0 atom stereocenters. The van der Waals surface area contributed by atoms with Crippen LogP contribution in [0.2, 0.25) is 5.02 Å². The second kappa shape index (κ2) is 11.8. The van der Waals surface area contributed by atoms with E-state index < -0.39 is 0 Å². The summed E-state index contributed by atoms with van der Waals surface area (Å²) in [7, 11) is 0. The Morgan fingerprint density at radius 3 is 2.50 bits per heavy atom. The lowest BCUT2D eigenvalue weighted by atomic mass is 10.1. The number of hydrogen-bond acceptors (Lipinski definition) is 4. The summed E-state index contributed by atoms with van der Waals surface area (Å²) in [6.07, 6.45) is 2.23. The number of benzene rings is 2. The Morgan fingerprint density at radius 1 is 1.07 bits per heavy atom. The lowest BCUT2D eigenvalue weighted by Gasteiger charge is -2.13. The number of halogens is 3. The molecule has 0 saturated carbocycles. The monoisotopic (exact) mass is 441 g/mol. The molecule has 7 heteroatoms. The van der Waals surface area contributed by atoms with E-state index in [0.29, 0.717) is 36.2 Å². The van der Waals surface area contributed by atoms with E-state index in [1.807, 2.05) is 50.2 Å². The molecular weight excluding hydrogens is 421 g/mol. The van der Waals surface area contributed by atoms with Crippen LogP contribution in [-0.2, 0) is 4.84 Å². The summed E-state index contributed by atoms with van der Waals surface area (Å²) in [5.41, 5.74) is 2.75. The largest absolute Gasteiger partial charge is 0.492 e. The van der Waals surface area contributed by atoms with Crippen LogP contribution in [0.4, 0.5) is 0 Å². The predicted octanol–water partition coefficient (Wildman–Crippen LogP) is 6.56. The number of rotatable bonds is 10. The van der Waals surface area contributed by atoms with Crippen LogP contribution in [0, 0.1) is 6.92 Å². The Kier molecular flexibility index (Phi) is 9.48. The molecular formula is C21H22Cl3NO3. The first-order valence-corrected chi connectivity index (χ1v) is 9.89. The number of hydrogen-bond donors (Lipinski definition) is 0.